The van der Waals surface area contributed by atoms with Crippen molar-refractivity contribution >= 4 is 17.3 Å². The van der Waals surface area contributed by atoms with E-state index >= 15 is 0 Å². The molecule has 28 heavy (non-hydrogen) atoms. The molecule has 0 aliphatic rings. The van der Waals surface area contributed by atoms with E-state index in [1.165, 1.54) is 12.2 Å². The van der Waals surface area contributed by atoms with Crippen molar-refractivity contribution in [3.63, 3.8) is 0 Å². The SMILES string of the molecule is CC(Cn1cc([N+](=O)[O-])cn1)C(=O)Nc1c(F)c(F)c(C(F)(F)F)c(F)c1F. The van der Waals surface area contributed by atoms with Crippen molar-refractivity contribution in [1.29, 1.82) is 0 Å². The minimum absolute atomic E-state index is 0.339. The van der Waals surface area contributed by atoms with Gasteiger partial charge in [-0.15, -0.1) is 0 Å². The van der Waals surface area contributed by atoms with Crippen LogP contribution in [0.4, 0.5) is 42.1 Å². The van der Waals surface area contributed by atoms with E-state index in [2.05, 4.69) is 5.10 Å². The average molecular weight is 414 g/mol. The normalized spacial score (nSPS) is 12.7. The highest BCUT2D eigenvalue weighted by atomic mass is 19.4. The quantitative estimate of drug-likeness (QED) is 0.350. The van der Waals surface area contributed by atoms with E-state index in [1.54, 1.807) is 0 Å². The molecule has 0 radical (unpaired) electrons. The topological polar surface area (TPSA) is 90.1 Å². The summed E-state index contributed by atoms with van der Waals surface area (Å²) in [6, 6.07) is 0. The first-order valence-corrected chi connectivity index (χ1v) is 7.25. The fourth-order valence-corrected chi connectivity index (χ4v) is 2.15. The predicted octanol–water partition coefficient (Wildman–Crippen LogP) is 3.64. The standard InChI is InChI=1S/C14H9F7N4O3/c1-5(3-24-4-6(2-22-24)25(27)28)13(26)23-12-10(17)8(15)7(14(19,20)21)9(16)11(12)18/h2,4-5H,3H2,1H3,(H,23,26). The van der Waals surface area contributed by atoms with Gasteiger partial charge in [0.1, 0.15) is 23.6 Å². The highest BCUT2D eigenvalue weighted by Crippen LogP contribution is 2.38. The number of nitrogens with one attached hydrogen (secondary N) is 1. The van der Waals surface area contributed by atoms with Gasteiger partial charge in [-0.2, -0.15) is 18.3 Å². The van der Waals surface area contributed by atoms with Gasteiger partial charge in [-0.05, 0) is 0 Å². The average Bonchev–Trinajstić information content (AvgIpc) is 3.04. The van der Waals surface area contributed by atoms with E-state index in [0.29, 0.717) is 0 Å². The Morgan fingerprint density at radius 3 is 2.18 bits per heavy atom. The molecule has 1 N–H and O–H groups in total. The number of benzene rings is 1. The maximum Gasteiger partial charge on any atom is 0.422 e. The van der Waals surface area contributed by atoms with Crippen LogP contribution >= 0.6 is 0 Å². The van der Waals surface area contributed by atoms with Crippen molar-refractivity contribution in [2.24, 2.45) is 5.92 Å². The molecule has 0 saturated heterocycles. The third-order valence-corrected chi connectivity index (χ3v) is 3.53. The fourth-order valence-electron chi connectivity index (χ4n) is 2.15. The molecule has 0 aliphatic heterocycles. The summed E-state index contributed by atoms with van der Waals surface area (Å²) in [7, 11) is 0. The molecule has 1 amide bonds. The summed E-state index contributed by atoms with van der Waals surface area (Å²) in [6.07, 6.45) is -3.90. The molecule has 1 unspecified atom stereocenters. The van der Waals surface area contributed by atoms with Crippen LogP contribution in [-0.2, 0) is 17.5 Å². The van der Waals surface area contributed by atoms with Gasteiger partial charge < -0.3 is 5.32 Å². The Balaban J connectivity index is 2.26. The number of amides is 1. The minimum Gasteiger partial charge on any atom is -0.321 e. The Kier molecular flexibility index (Phi) is 5.61. The summed E-state index contributed by atoms with van der Waals surface area (Å²) in [5.41, 5.74) is -4.90. The molecule has 0 saturated carbocycles. The molecule has 152 valence electrons. The molecule has 0 aliphatic carbocycles. The Morgan fingerprint density at radius 1 is 1.21 bits per heavy atom. The van der Waals surface area contributed by atoms with Gasteiger partial charge in [0.2, 0.25) is 5.91 Å². The second kappa shape index (κ2) is 7.44. The van der Waals surface area contributed by atoms with Crippen LogP contribution < -0.4 is 5.32 Å². The van der Waals surface area contributed by atoms with E-state index in [4.69, 9.17) is 0 Å². The molecule has 1 atom stereocenters. The van der Waals surface area contributed by atoms with Gasteiger partial charge in [0.15, 0.2) is 23.3 Å². The molecule has 1 aromatic carbocycles. The van der Waals surface area contributed by atoms with Crippen molar-refractivity contribution in [1.82, 2.24) is 9.78 Å². The van der Waals surface area contributed by atoms with Crippen LogP contribution in [0.15, 0.2) is 12.4 Å². The molecule has 0 bridgehead atoms. The van der Waals surface area contributed by atoms with Crippen LogP contribution in [0.1, 0.15) is 12.5 Å². The first-order chi connectivity index (χ1) is 12.8. The highest BCUT2D eigenvalue weighted by molar-refractivity contribution is 5.92. The van der Waals surface area contributed by atoms with Crippen molar-refractivity contribution in [2.75, 3.05) is 5.32 Å². The number of hydrogen-bond donors (Lipinski definition) is 1. The molecule has 0 fully saturated rings. The molecular weight excluding hydrogens is 405 g/mol. The largest absolute Gasteiger partial charge is 0.422 e. The summed E-state index contributed by atoms with van der Waals surface area (Å²) in [4.78, 5) is 21.8. The Labute approximate surface area is 150 Å². The number of rotatable bonds is 5. The van der Waals surface area contributed by atoms with Crippen LogP contribution in [0.25, 0.3) is 0 Å². The van der Waals surface area contributed by atoms with E-state index in [0.717, 1.165) is 17.1 Å². The van der Waals surface area contributed by atoms with Gasteiger partial charge >= 0.3 is 11.9 Å². The second-order valence-electron chi connectivity index (χ2n) is 5.57. The van der Waals surface area contributed by atoms with Crippen LogP contribution in [0.5, 0.6) is 0 Å². The highest BCUT2D eigenvalue weighted by Gasteiger charge is 2.42. The zero-order chi connectivity index (χ0) is 21.4. The number of carbonyl (C=O) groups excluding carboxylic acids is 1. The molecule has 7 nitrogen and oxygen atoms in total. The summed E-state index contributed by atoms with van der Waals surface area (Å²) in [5.74, 6) is -12.7. The first kappa shape index (κ1) is 21.1. The number of aromatic nitrogens is 2. The number of nitro groups is 1. The van der Waals surface area contributed by atoms with Gasteiger partial charge in [0.05, 0.1) is 17.4 Å². The van der Waals surface area contributed by atoms with Gasteiger partial charge in [0, 0.05) is 0 Å². The monoisotopic (exact) mass is 414 g/mol. The van der Waals surface area contributed by atoms with E-state index in [-0.39, 0.29) is 6.54 Å². The van der Waals surface area contributed by atoms with Gasteiger partial charge in [-0.25, -0.2) is 17.6 Å². The summed E-state index contributed by atoms with van der Waals surface area (Å²) in [5, 5.41) is 15.6. The van der Waals surface area contributed by atoms with Crippen molar-refractivity contribution < 1.29 is 40.5 Å². The molecule has 2 rings (SSSR count). The van der Waals surface area contributed by atoms with Crippen LogP contribution in [-0.4, -0.2) is 20.6 Å². The molecule has 0 spiro atoms. The predicted molar refractivity (Wildman–Crippen MR) is 78.0 cm³/mol. The lowest BCUT2D eigenvalue weighted by molar-refractivity contribution is -0.385. The summed E-state index contributed by atoms with van der Waals surface area (Å²) in [6.45, 7) is 0.837. The summed E-state index contributed by atoms with van der Waals surface area (Å²) >= 11 is 0. The Morgan fingerprint density at radius 2 is 1.75 bits per heavy atom. The Bertz CT molecular complexity index is 913. The fraction of sp³-hybridized carbons (Fsp3) is 0.286. The number of anilines is 1. The maximum absolute atomic E-state index is 13.8. The Hall–Kier alpha value is -3.19. The lowest BCUT2D eigenvalue weighted by Crippen LogP contribution is -2.27. The minimum atomic E-state index is -5.71. The van der Waals surface area contributed by atoms with E-state index in [9.17, 15) is 45.6 Å². The lowest BCUT2D eigenvalue weighted by Gasteiger charge is -2.16. The lowest BCUT2D eigenvalue weighted by atomic mass is 10.1. The number of halogens is 7. The third kappa shape index (κ3) is 4.04. The number of hydrogen-bond acceptors (Lipinski definition) is 4. The summed E-state index contributed by atoms with van der Waals surface area (Å²) < 4.78 is 93.2. The van der Waals surface area contributed by atoms with Gasteiger partial charge in [0.25, 0.3) is 0 Å². The van der Waals surface area contributed by atoms with Gasteiger partial charge in [-0.3, -0.25) is 19.6 Å². The van der Waals surface area contributed by atoms with E-state index in [1.807, 2.05) is 0 Å². The van der Waals surface area contributed by atoms with Crippen LogP contribution in [0.2, 0.25) is 0 Å². The second-order valence-corrected chi connectivity index (χ2v) is 5.57. The van der Waals surface area contributed by atoms with Gasteiger partial charge in [-0.1, -0.05) is 6.92 Å². The number of nitrogens with zero attached hydrogens (tertiary/aromatic N) is 3. The number of alkyl halides is 3. The molecule has 1 aromatic heterocycles. The van der Waals surface area contributed by atoms with Crippen LogP contribution in [0.3, 0.4) is 0 Å². The zero-order valence-corrected chi connectivity index (χ0v) is 13.7. The maximum atomic E-state index is 13.8. The third-order valence-electron chi connectivity index (χ3n) is 3.53. The van der Waals surface area contributed by atoms with Crippen molar-refractivity contribution in [3.8, 4) is 0 Å². The zero-order valence-electron chi connectivity index (χ0n) is 13.7. The molecule has 14 heteroatoms. The molecule has 2 aromatic rings. The molecular formula is C14H9F7N4O3. The van der Waals surface area contributed by atoms with E-state index < -0.39 is 63.1 Å². The smallest absolute Gasteiger partial charge is 0.321 e. The molecule has 1 heterocycles. The van der Waals surface area contributed by atoms with Crippen molar-refractivity contribution in [2.45, 2.75) is 19.6 Å². The first-order valence-electron chi connectivity index (χ1n) is 7.25. The van der Waals surface area contributed by atoms with Crippen molar-refractivity contribution in [3.05, 3.63) is 51.3 Å². The number of carbonyl (C=O) groups is 1. The van der Waals surface area contributed by atoms with Crippen LogP contribution in [0, 0.1) is 39.3 Å².